The summed E-state index contributed by atoms with van der Waals surface area (Å²) in [5, 5.41) is 3.20. The van der Waals surface area contributed by atoms with Crippen LogP contribution in [0.2, 0.25) is 5.02 Å². The van der Waals surface area contributed by atoms with E-state index in [4.69, 9.17) is 16.3 Å². The minimum atomic E-state index is -3.71. The van der Waals surface area contributed by atoms with Crippen molar-refractivity contribution in [2.24, 2.45) is 0 Å². The number of carbonyl (C=O) groups excluding carboxylic acids is 1. The number of benzene rings is 3. The standard InChI is InChI=1S/C24H25ClN2O4S/c1-4-31-23-14-11-18(24(28)26-22-8-6-5-7-21(22)25)15-19(23)16-27(3)32(29,30)20-12-9-17(2)10-13-20/h5-15H,4,16H2,1-3H3,(H,26,28). The molecule has 0 radical (unpaired) electrons. The van der Waals surface area contributed by atoms with Crippen molar-refractivity contribution in [1.82, 2.24) is 4.31 Å². The zero-order valence-electron chi connectivity index (χ0n) is 18.1. The summed E-state index contributed by atoms with van der Waals surface area (Å²) in [7, 11) is -2.21. The number of sulfonamides is 1. The first-order chi connectivity index (χ1) is 15.2. The molecule has 3 aromatic rings. The molecule has 0 spiro atoms. The third-order valence-electron chi connectivity index (χ3n) is 4.87. The van der Waals surface area contributed by atoms with E-state index in [9.17, 15) is 13.2 Å². The highest BCUT2D eigenvalue weighted by molar-refractivity contribution is 7.89. The van der Waals surface area contributed by atoms with Crippen LogP contribution >= 0.6 is 11.6 Å². The number of carbonyl (C=O) groups is 1. The Morgan fingerprint density at radius 2 is 1.75 bits per heavy atom. The fourth-order valence-corrected chi connectivity index (χ4v) is 4.44. The van der Waals surface area contributed by atoms with E-state index in [-0.39, 0.29) is 17.3 Å². The Morgan fingerprint density at radius 1 is 1.06 bits per heavy atom. The molecule has 1 N–H and O–H groups in total. The van der Waals surface area contributed by atoms with Crippen LogP contribution in [0.5, 0.6) is 5.75 Å². The fraction of sp³-hybridized carbons (Fsp3) is 0.208. The molecule has 168 valence electrons. The van der Waals surface area contributed by atoms with Crippen LogP contribution in [0.4, 0.5) is 5.69 Å². The third-order valence-corrected chi connectivity index (χ3v) is 7.01. The number of rotatable bonds is 8. The normalized spacial score (nSPS) is 11.4. The number of nitrogens with one attached hydrogen (secondary N) is 1. The van der Waals surface area contributed by atoms with Crippen molar-refractivity contribution < 1.29 is 17.9 Å². The molecule has 0 fully saturated rings. The van der Waals surface area contributed by atoms with Crippen molar-refractivity contribution in [3.8, 4) is 5.75 Å². The monoisotopic (exact) mass is 472 g/mol. The highest BCUT2D eigenvalue weighted by atomic mass is 35.5. The lowest BCUT2D eigenvalue weighted by Gasteiger charge is -2.20. The highest BCUT2D eigenvalue weighted by Crippen LogP contribution is 2.26. The zero-order valence-corrected chi connectivity index (χ0v) is 19.7. The van der Waals surface area contributed by atoms with E-state index in [2.05, 4.69) is 5.32 Å². The Morgan fingerprint density at radius 3 is 2.41 bits per heavy atom. The number of amides is 1. The van der Waals surface area contributed by atoms with Crippen LogP contribution in [0, 0.1) is 6.92 Å². The third kappa shape index (κ3) is 5.48. The van der Waals surface area contributed by atoms with Crippen molar-refractivity contribution in [3.05, 3.63) is 88.4 Å². The van der Waals surface area contributed by atoms with Gasteiger partial charge in [0.1, 0.15) is 5.75 Å². The fourth-order valence-electron chi connectivity index (χ4n) is 3.11. The second-order valence-corrected chi connectivity index (χ2v) is 9.72. The Bertz CT molecular complexity index is 1210. The van der Waals surface area contributed by atoms with Crippen molar-refractivity contribution in [1.29, 1.82) is 0 Å². The van der Waals surface area contributed by atoms with Crippen molar-refractivity contribution in [2.45, 2.75) is 25.3 Å². The lowest BCUT2D eigenvalue weighted by Crippen LogP contribution is -2.27. The molecule has 0 aromatic heterocycles. The van der Waals surface area contributed by atoms with Crippen molar-refractivity contribution in [3.63, 3.8) is 0 Å². The second-order valence-electron chi connectivity index (χ2n) is 7.26. The number of nitrogens with zero attached hydrogens (tertiary/aromatic N) is 1. The van der Waals surface area contributed by atoms with Gasteiger partial charge in [-0.05, 0) is 56.3 Å². The first-order valence-electron chi connectivity index (χ1n) is 10.1. The predicted octanol–water partition coefficient (Wildman–Crippen LogP) is 5.12. The zero-order chi connectivity index (χ0) is 23.3. The summed E-state index contributed by atoms with van der Waals surface area (Å²) in [4.78, 5) is 13.0. The minimum absolute atomic E-state index is 0.0404. The maximum atomic E-state index is 13.0. The van der Waals surface area contributed by atoms with Gasteiger partial charge in [-0.25, -0.2) is 8.42 Å². The Labute approximate surface area is 193 Å². The number of ether oxygens (including phenoxy) is 1. The molecule has 3 rings (SSSR count). The number of para-hydroxylation sites is 1. The number of hydrogen-bond acceptors (Lipinski definition) is 4. The average molecular weight is 473 g/mol. The maximum Gasteiger partial charge on any atom is 0.255 e. The number of hydrogen-bond donors (Lipinski definition) is 1. The van der Waals surface area contributed by atoms with E-state index < -0.39 is 10.0 Å². The minimum Gasteiger partial charge on any atom is -0.494 e. The van der Waals surface area contributed by atoms with Gasteiger partial charge in [0.05, 0.1) is 22.2 Å². The SMILES string of the molecule is CCOc1ccc(C(=O)Nc2ccccc2Cl)cc1CN(C)S(=O)(=O)c1ccc(C)cc1. The molecule has 0 aliphatic rings. The van der Waals surface area contributed by atoms with Gasteiger partial charge in [-0.15, -0.1) is 0 Å². The molecule has 3 aromatic carbocycles. The number of anilines is 1. The molecule has 0 aliphatic carbocycles. The van der Waals surface area contributed by atoms with Crippen molar-refractivity contribution >= 4 is 33.2 Å². The van der Waals surface area contributed by atoms with Gasteiger partial charge in [0.25, 0.3) is 5.91 Å². The topological polar surface area (TPSA) is 75.7 Å². The van der Waals surface area contributed by atoms with E-state index in [1.807, 2.05) is 13.8 Å². The number of halogens is 1. The summed E-state index contributed by atoms with van der Waals surface area (Å²) in [6, 6.07) is 18.6. The second kappa shape index (κ2) is 10.2. The van der Waals surface area contributed by atoms with Crippen LogP contribution < -0.4 is 10.1 Å². The van der Waals surface area contributed by atoms with Gasteiger partial charge in [-0.2, -0.15) is 4.31 Å². The smallest absolute Gasteiger partial charge is 0.255 e. The van der Waals surface area contributed by atoms with E-state index in [1.165, 1.54) is 11.4 Å². The van der Waals surface area contributed by atoms with Crippen LogP contribution in [0.3, 0.4) is 0 Å². The first-order valence-corrected chi connectivity index (χ1v) is 11.9. The Kier molecular flexibility index (Phi) is 7.56. The van der Waals surface area contributed by atoms with E-state index >= 15 is 0 Å². The van der Waals surface area contributed by atoms with Crippen LogP contribution in [-0.2, 0) is 16.6 Å². The van der Waals surface area contributed by atoms with Gasteiger partial charge in [0.15, 0.2) is 0 Å². The van der Waals surface area contributed by atoms with E-state index in [0.717, 1.165) is 5.56 Å². The van der Waals surface area contributed by atoms with Crippen LogP contribution in [0.15, 0.2) is 71.6 Å². The molecule has 32 heavy (non-hydrogen) atoms. The molecule has 0 saturated carbocycles. The molecule has 0 unspecified atom stereocenters. The first kappa shape index (κ1) is 23.8. The molecule has 8 heteroatoms. The van der Waals surface area contributed by atoms with Crippen LogP contribution in [0.25, 0.3) is 0 Å². The quantitative estimate of drug-likeness (QED) is 0.493. The predicted molar refractivity (Wildman–Crippen MR) is 127 cm³/mol. The molecule has 1 amide bonds. The van der Waals surface area contributed by atoms with Gasteiger partial charge in [-0.1, -0.05) is 41.4 Å². The molecule has 6 nitrogen and oxygen atoms in total. The van der Waals surface area contributed by atoms with Gasteiger partial charge in [-0.3, -0.25) is 4.79 Å². The lowest BCUT2D eigenvalue weighted by molar-refractivity contribution is 0.102. The van der Waals surface area contributed by atoms with Crippen LogP contribution in [0.1, 0.15) is 28.4 Å². The molecular formula is C24H25ClN2O4S. The summed E-state index contributed by atoms with van der Waals surface area (Å²) < 4.78 is 32.9. The van der Waals surface area contributed by atoms with Gasteiger partial charge < -0.3 is 10.1 Å². The molecule has 0 aliphatic heterocycles. The summed E-state index contributed by atoms with van der Waals surface area (Å²) in [6.07, 6.45) is 0. The lowest BCUT2D eigenvalue weighted by atomic mass is 10.1. The molecule has 0 saturated heterocycles. The van der Waals surface area contributed by atoms with Gasteiger partial charge >= 0.3 is 0 Å². The maximum absolute atomic E-state index is 13.0. The van der Waals surface area contributed by atoms with E-state index in [1.54, 1.807) is 66.7 Å². The Balaban J connectivity index is 1.88. The van der Waals surface area contributed by atoms with Crippen molar-refractivity contribution in [2.75, 3.05) is 19.0 Å². The van der Waals surface area contributed by atoms with Gasteiger partial charge in [0.2, 0.25) is 10.0 Å². The van der Waals surface area contributed by atoms with Crippen LogP contribution in [-0.4, -0.2) is 32.3 Å². The summed E-state index contributed by atoms with van der Waals surface area (Å²) in [5.74, 6) is 0.166. The summed E-state index contributed by atoms with van der Waals surface area (Å²) in [5.41, 5.74) is 2.41. The molecule has 0 atom stereocenters. The Hall–Kier alpha value is -2.87. The summed E-state index contributed by atoms with van der Waals surface area (Å²) >= 11 is 6.13. The number of aryl methyl sites for hydroxylation is 1. The molecule has 0 heterocycles. The highest BCUT2D eigenvalue weighted by Gasteiger charge is 2.23. The molecular weight excluding hydrogens is 448 g/mol. The largest absolute Gasteiger partial charge is 0.494 e. The molecule has 0 bridgehead atoms. The van der Waals surface area contributed by atoms with E-state index in [0.29, 0.717) is 34.2 Å². The van der Waals surface area contributed by atoms with Gasteiger partial charge in [0, 0.05) is 24.7 Å². The average Bonchev–Trinajstić information content (AvgIpc) is 2.77. The summed E-state index contributed by atoms with van der Waals surface area (Å²) in [6.45, 7) is 4.19.